The predicted octanol–water partition coefficient (Wildman–Crippen LogP) is 5.62. The Morgan fingerprint density at radius 3 is 2.77 bits per heavy atom. The topological polar surface area (TPSA) is 57.8 Å². The van der Waals surface area contributed by atoms with Crippen LogP contribution in [-0.2, 0) is 17.6 Å². The van der Waals surface area contributed by atoms with Gasteiger partial charge in [0.05, 0.1) is 12.6 Å². The molecule has 3 aromatic carbocycles. The zero-order valence-electron chi connectivity index (χ0n) is 22.8. The van der Waals surface area contributed by atoms with Crippen LogP contribution in [-0.4, -0.2) is 60.6 Å². The molecule has 1 N–H and O–H groups in total. The molecule has 2 atom stereocenters. The maximum absolute atomic E-state index is 13.7. The van der Waals surface area contributed by atoms with Crippen LogP contribution in [0.5, 0.6) is 11.5 Å². The van der Waals surface area contributed by atoms with Gasteiger partial charge in [0.25, 0.3) is 0 Å². The van der Waals surface area contributed by atoms with Gasteiger partial charge in [-0.25, -0.2) is 0 Å². The Kier molecular flexibility index (Phi) is 6.88. The third-order valence-electron chi connectivity index (χ3n) is 7.60. The average Bonchev–Trinajstić information content (AvgIpc) is 3.55. The molecule has 6 nitrogen and oxygen atoms in total. The van der Waals surface area contributed by atoms with E-state index < -0.39 is 0 Å². The van der Waals surface area contributed by atoms with Crippen molar-refractivity contribution in [2.24, 2.45) is 0 Å². The first kappa shape index (κ1) is 25.3. The van der Waals surface area contributed by atoms with Crippen LogP contribution in [0, 0.1) is 0 Å². The Morgan fingerprint density at radius 1 is 1.13 bits per heavy atom. The number of carbonyl (C=O) groups is 1. The first-order chi connectivity index (χ1) is 19.0. The van der Waals surface area contributed by atoms with Crippen LogP contribution in [0.1, 0.15) is 40.9 Å². The van der Waals surface area contributed by atoms with E-state index >= 15 is 0 Å². The van der Waals surface area contributed by atoms with E-state index in [9.17, 15) is 4.79 Å². The summed E-state index contributed by atoms with van der Waals surface area (Å²) in [4.78, 5) is 21.5. The largest absolute Gasteiger partial charge is 0.493 e. The summed E-state index contributed by atoms with van der Waals surface area (Å²) < 4.78 is 11.8. The molecule has 0 bridgehead atoms. The van der Waals surface area contributed by atoms with Crippen molar-refractivity contribution < 1.29 is 14.3 Å². The highest BCUT2D eigenvalue weighted by molar-refractivity contribution is 5.93. The predicted molar refractivity (Wildman–Crippen MR) is 155 cm³/mol. The lowest BCUT2D eigenvalue weighted by Gasteiger charge is -2.36. The minimum absolute atomic E-state index is 0.000913. The number of ether oxygens (including phenoxy) is 2. The molecule has 2 aliphatic rings. The van der Waals surface area contributed by atoms with Gasteiger partial charge in [-0.2, -0.15) is 0 Å². The molecule has 0 aliphatic carbocycles. The Bertz CT molecular complexity index is 1520. The summed E-state index contributed by atoms with van der Waals surface area (Å²) in [6.07, 6.45) is 5.41. The number of aromatic nitrogens is 1. The van der Waals surface area contributed by atoms with Gasteiger partial charge >= 0.3 is 0 Å². The summed E-state index contributed by atoms with van der Waals surface area (Å²) in [6, 6.07) is 22.5. The van der Waals surface area contributed by atoms with Crippen molar-refractivity contribution in [3.8, 4) is 11.5 Å². The minimum atomic E-state index is -0.182. The fraction of sp³-hybridized carbons (Fsp3) is 0.303. The van der Waals surface area contributed by atoms with Gasteiger partial charge in [0, 0.05) is 42.2 Å². The van der Waals surface area contributed by atoms with Crippen LogP contribution in [0.4, 0.5) is 0 Å². The molecule has 0 spiro atoms. The lowest BCUT2D eigenvalue weighted by molar-refractivity contribution is -0.128. The molecule has 0 saturated heterocycles. The third-order valence-corrected chi connectivity index (χ3v) is 7.60. The summed E-state index contributed by atoms with van der Waals surface area (Å²) in [6.45, 7) is 4.29. The molecular weight excluding hydrogens is 486 g/mol. The van der Waals surface area contributed by atoms with Gasteiger partial charge in [-0.15, -0.1) is 0 Å². The molecule has 1 unspecified atom stereocenters. The van der Waals surface area contributed by atoms with Gasteiger partial charge in [0.1, 0.15) is 17.6 Å². The van der Waals surface area contributed by atoms with E-state index in [-0.39, 0.29) is 18.1 Å². The van der Waals surface area contributed by atoms with E-state index in [0.717, 1.165) is 53.2 Å². The molecular formula is C33H35N3O3. The van der Waals surface area contributed by atoms with Gasteiger partial charge in [-0.3, -0.25) is 4.79 Å². The maximum atomic E-state index is 13.7. The summed E-state index contributed by atoms with van der Waals surface area (Å²) in [7, 11) is 4.07. The second kappa shape index (κ2) is 10.6. The normalized spacial score (nSPS) is 17.3. The molecule has 6 rings (SSSR count). The van der Waals surface area contributed by atoms with Crippen LogP contribution < -0.4 is 9.47 Å². The van der Waals surface area contributed by atoms with E-state index in [2.05, 4.69) is 59.3 Å². The van der Waals surface area contributed by atoms with E-state index in [1.165, 1.54) is 16.5 Å². The third kappa shape index (κ3) is 5.17. The number of likely N-dealkylation sites (N-methyl/N-ethyl adjacent to an activating group) is 1. The SMILES string of the molecule is CC(CN(C)C)Oc1ccc(/C=C/C(=O)N2CCc3c([nH]c4ccccc34)[C@H]2c2ccc3c(c2)CCO3)cc1. The number of fused-ring (bicyclic) bond motifs is 4. The van der Waals surface area contributed by atoms with Crippen LogP contribution in [0.15, 0.2) is 72.8 Å². The number of aromatic amines is 1. The van der Waals surface area contributed by atoms with Crippen LogP contribution in [0.3, 0.4) is 0 Å². The monoisotopic (exact) mass is 521 g/mol. The van der Waals surface area contributed by atoms with E-state index in [1.807, 2.05) is 49.3 Å². The van der Waals surface area contributed by atoms with Crippen LogP contribution >= 0.6 is 0 Å². The molecule has 1 aromatic heterocycles. The molecule has 3 heterocycles. The zero-order chi connectivity index (χ0) is 26.9. The van der Waals surface area contributed by atoms with Crippen molar-refractivity contribution in [2.75, 3.05) is 33.8 Å². The Morgan fingerprint density at radius 2 is 1.95 bits per heavy atom. The van der Waals surface area contributed by atoms with Crippen LogP contribution in [0.2, 0.25) is 0 Å². The number of para-hydroxylation sites is 1. The highest BCUT2D eigenvalue weighted by Crippen LogP contribution is 2.40. The quantitative estimate of drug-likeness (QED) is 0.321. The second-order valence-electron chi connectivity index (χ2n) is 10.8. The van der Waals surface area contributed by atoms with Gasteiger partial charge in [0.15, 0.2) is 0 Å². The van der Waals surface area contributed by atoms with Crippen molar-refractivity contribution in [3.63, 3.8) is 0 Å². The van der Waals surface area contributed by atoms with Gasteiger partial charge < -0.3 is 24.3 Å². The second-order valence-corrected chi connectivity index (χ2v) is 10.8. The molecule has 4 aromatic rings. The lowest BCUT2D eigenvalue weighted by atomic mass is 9.91. The molecule has 39 heavy (non-hydrogen) atoms. The van der Waals surface area contributed by atoms with Crippen molar-refractivity contribution in [1.82, 2.24) is 14.8 Å². The Hall–Kier alpha value is -4.03. The van der Waals surface area contributed by atoms with E-state index in [4.69, 9.17) is 9.47 Å². The van der Waals surface area contributed by atoms with Gasteiger partial charge in [-0.1, -0.05) is 36.4 Å². The summed E-state index contributed by atoms with van der Waals surface area (Å²) in [5, 5.41) is 1.24. The highest BCUT2D eigenvalue weighted by atomic mass is 16.5. The fourth-order valence-electron chi connectivity index (χ4n) is 5.91. The number of nitrogens with one attached hydrogen (secondary N) is 1. The zero-order valence-corrected chi connectivity index (χ0v) is 22.8. The first-order valence-corrected chi connectivity index (χ1v) is 13.7. The number of hydrogen-bond donors (Lipinski definition) is 1. The summed E-state index contributed by atoms with van der Waals surface area (Å²) in [5.74, 6) is 1.78. The van der Waals surface area contributed by atoms with E-state index in [1.54, 1.807) is 6.08 Å². The molecule has 1 amide bonds. The summed E-state index contributed by atoms with van der Waals surface area (Å²) >= 11 is 0. The molecule has 200 valence electrons. The number of H-pyrrole nitrogens is 1. The number of hydrogen-bond acceptors (Lipinski definition) is 4. The van der Waals surface area contributed by atoms with Gasteiger partial charge in [0.2, 0.25) is 5.91 Å². The molecule has 0 fully saturated rings. The molecule has 2 aliphatic heterocycles. The van der Waals surface area contributed by atoms with Crippen molar-refractivity contribution >= 4 is 22.9 Å². The van der Waals surface area contributed by atoms with Crippen molar-refractivity contribution in [1.29, 1.82) is 0 Å². The van der Waals surface area contributed by atoms with E-state index in [0.29, 0.717) is 13.2 Å². The maximum Gasteiger partial charge on any atom is 0.247 e. The smallest absolute Gasteiger partial charge is 0.247 e. The number of carbonyl (C=O) groups excluding carboxylic acids is 1. The number of rotatable bonds is 7. The average molecular weight is 522 g/mol. The lowest BCUT2D eigenvalue weighted by Crippen LogP contribution is -2.39. The first-order valence-electron chi connectivity index (χ1n) is 13.7. The minimum Gasteiger partial charge on any atom is -0.493 e. The molecule has 0 saturated carbocycles. The number of nitrogens with zero attached hydrogens (tertiary/aromatic N) is 2. The molecule has 0 radical (unpaired) electrons. The number of amides is 1. The number of benzene rings is 3. The molecule has 6 heteroatoms. The van der Waals surface area contributed by atoms with Crippen molar-refractivity contribution in [3.05, 3.63) is 101 Å². The summed E-state index contributed by atoms with van der Waals surface area (Å²) in [5.41, 5.74) is 6.81. The highest BCUT2D eigenvalue weighted by Gasteiger charge is 2.34. The Labute approximate surface area is 229 Å². The van der Waals surface area contributed by atoms with Crippen LogP contribution in [0.25, 0.3) is 17.0 Å². The van der Waals surface area contributed by atoms with Crippen molar-refractivity contribution in [2.45, 2.75) is 31.9 Å². The fourth-order valence-corrected chi connectivity index (χ4v) is 5.91. The van der Waals surface area contributed by atoms with Gasteiger partial charge in [-0.05, 0) is 86.1 Å². The standard InChI is InChI=1S/C33H35N3O3/c1-22(21-35(2)3)39-26-12-8-23(9-13-26)10-15-31(37)36-18-16-28-27-6-4-5-7-29(27)34-32(28)33(36)25-11-14-30-24(20-25)17-19-38-30/h4-15,20,22,33-34H,16-19,21H2,1-3H3/b15-10+/t22?,33-/m1/s1. The Balaban J connectivity index is 1.27.